The van der Waals surface area contributed by atoms with Crippen LogP contribution in [0.2, 0.25) is 0 Å². The van der Waals surface area contributed by atoms with Crippen LogP contribution >= 0.6 is 0 Å². The number of nitrogens with zero attached hydrogens (tertiary/aromatic N) is 1. The maximum absolute atomic E-state index is 3.91. The molecule has 1 aliphatic rings. The molecule has 1 nitrogen and oxygen atoms in total. The number of hydrogen-bond acceptors (Lipinski definition) is 1. The molecule has 0 aromatic heterocycles. The fourth-order valence-corrected chi connectivity index (χ4v) is 0.800. The van der Waals surface area contributed by atoms with E-state index in [9.17, 15) is 0 Å². The van der Waals surface area contributed by atoms with E-state index < -0.39 is 0 Å². The van der Waals surface area contributed by atoms with E-state index in [0.717, 1.165) is 13.0 Å². The quantitative estimate of drug-likeness (QED) is 0.504. The van der Waals surface area contributed by atoms with Crippen LogP contribution in [0.5, 0.6) is 0 Å². The molecule has 0 aromatic carbocycles. The predicted octanol–water partition coefficient (Wildman–Crippen LogP) is 0.726. The van der Waals surface area contributed by atoms with Crippen molar-refractivity contribution in [1.29, 1.82) is 0 Å². The molecule has 0 N–H and O–H groups in total. The minimum Gasteiger partial charge on any atom is -0.365 e. The van der Waals surface area contributed by atoms with Gasteiger partial charge < -0.3 is 18.2 Å². The maximum atomic E-state index is 3.91. The summed E-state index contributed by atoms with van der Waals surface area (Å²) in [7, 11) is 2.10. The van der Waals surface area contributed by atoms with Gasteiger partial charge in [0.05, 0.1) is 0 Å². The van der Waals surface area contributed by atoms with Gasteiger partial charge in [-0.25, -0.2) is 0 Å². The molecule has 1 atom stereocenters. The molecule has 0 amide bonds. The summed E-state index contributed by atoms with van der Waals surface area (Å²) in [5, 5.41) is 0. The summed E-state index contributed by atoms with van der Waals surface area (Å²) in [6.07, 6.45) is 3.42. The van der Waals surface area contributed by atoms with E-state index in [1.54, 1.807) is 0 Å². The standard InChI is InChI=1S/C6H11N.Y/c1-6-4-3-5-7(6)2;/h3,6H,1,4-5H2,2H3;/q-2;. The van der Waals surface area contributed by atoms with Gasteiger partial charge in [0.15, 0.2) is 0 Å². The molecule has 1 saturated heterocycles. The zero-order chi connectivity index (χ0) is 5.28. The van der Waals surface area contributed by atoms with E-state index in [1.165, 1.54) is 0 Å². The minimum atomic E-state index is 0. The Morgan fingerprint density at radius 3 is 2.50 bits per heavy atom. The van der Waals surface area contributed by atoms with E-state index in [2.05, 4.69) is 25.3 Å². The van der Waals surface area contributed by atoms with Gasteiger partial charge in [-0.3, -0.25) is 0 Å². The Hall–Kier alpha value is 1.06. The van der Waals surface area contributed by atoms with Crippen LogP contribution in [0.4, 0.5) is 0 Å². The molecule has 0 saturated carbocycles. The Bertz CT molecular complexity index is 57.5. The fourth-order valence-electron chi connectivity index (χ4n) is 0.800. The average molecular weight is 186 g/mol. The van der Waals surface area contributed by atoms with E-state index in [4.69, 9.17) is 0 Å². The monoisotopic (exact) mass is 186 g/mol. The zero-order valence-corrected chi connectivity index (χ0v) is 8.14. The van der Waals surface area contributed by atoms with Crippen LogP contribution < -0.4 is 0 Å². The van der Waals surface area contributed by atoms with Gasteiger partial charge in [-0.1, -0.05) is 0 Å². The van der Waals surface area contributed by atoms with Crippen molar-refractivity contribution in [1.82, 2.24) is 4.90 Å². The van der Waals surface area contributed by atoms with Crippen LogP contribution in [0.15, 0.2) is 0 Å². The molecule has 0 aliphatic carbocycles. The summed E-state index contributed by atoms with van der Waals surface area (Å²) in [5.74, 6) is 0. The summed E-state index contributed by atoms with van der Waals surface area (Å²) in [4.78, 5) is 2.24. The Morgan fingerprint density at radius 2 is 2.38 bits per heavy atom. The van der Waals surface area contributed by atoms with Gasteiger partial charge in [0.1, 0.15) is 0 Å². The van der Waals surface area contributed by atoms with Gasteiger partial charge >= 0.3 is 0 Å². The van der Waals surface area contributed by atoms with Gasteiger partial charge in [-0.05, 0) is 7.05 Å². The van der Waals surface area contributed by atoms with Crippen LogP contribution in [-0.4, -0.2) is 24.5 Å². The van der Waals surface area contributed by atoms with Crippen LogP contribution in [0, 0.1) is 13.3 Å². The zero-order valence-electron chi connectivity index (χ0n) is 5.30. The van der Waals surface area contributed by atoms with Crippen molar-refractivity contribution in [3.05, 3.63) is 13.3 Å². The Labute approximate surface area is 76.7 Å². The second-order valence-corrected chi connectivity index (χ2v) is 2.12. The average Bonchev–Trinajstić information content (AvgIpc) is 1.91. The van der Waals surface area contributed by atoms with E-state index in [-0.39, 0.29) is 32.7 Å². The molecule has 1 unspecified atom stereocenters. The summed E-state index contributed by atoms with van der Waals surface area (Å²) in [6, 6.07) is 0.542. The SMILES string of the molecule is [CH2-]C1C[CH-]CN1C.[Y]. The molecular weight excluding hydrogens is 175 g/mol. The smallest absolute Gasteiger partial charge is 0 e. The van der Waals surface area contributed by atoms with E-state index in [0.29, 0.717) is 6.04 Å². The molecule has 0 spiro atoms. The minimum absolute atomic E-state index is 0. The van der Waals surface area contributed by atoms with Gasteiger partial charge in [-0.15, -0.1) is 12.6 Å². The van der Waals surface area contributed by atoms with Crippen molar-refractivity contribution in [2.45, 2.75) is 12.5 Å². The maximum Gasteiger partial charge on any atom is 0 e. The third-order valence-electron chi connectivity index (χ3n) is 1.48. The summed E-state index contributed by atoms with van der Waals surface area (Å²) >= 11 is 0. The van der Waals surface area contributed by atoms with Crippen molar-refractivity contribution in [2.24, 2.45) is 0 Å². The van der Waals surface area contributed by atoms with E-state index in [1.807, 2.05) is 0 Å². The molecule has 0 bridgehead atoms. The van der Waals surface area contributed by atoms with Crippen molar-refractivity contribution < 1.29 is 32.7 Å². The predicted molar refractivity (Wildman–Crippen MR) is 30.7 cm³/mol. The van der Waals surface area contributed by atoms with Gasteiger partial charge in [0, 0.05) is 32.7 Å². The van der Waals surface area contributed by atoms with Crippen molar-refractivity contribution in [3.8, 4) is 0 Å². The molecule has 1 heterocycles. The Morgan fingerprint density at radius 1 is 1.75 bits per heavy atom. The van der Waals surface area contributed by atoms with Crippen LogP contribution in [-0.2, 0) is 32.7 Å². The molecule has 2 heteroatoms. The molecular formula is C6H11NY-2. The topological polar surface area (TPSA) is 3.24 Å². The van der Waals surface area contributed by atoms with E-state index >= 15 is 0 Å². The van der Waals surface area contributed by atoms with Crippen LogP contribution in [0.1, 0.15) is 6.42 Å². The molecule has 1 radical (unpaired) electrons. The normalized spacial score (nSPS) is 30.0. The van der Waals surface area contributed by atoms with Gasteiger partial charge in [0.2, 0.25) is 0 Å². The first kappa shape index (κ1) is 9.06. The number of rotatable bonds is 0. The first-order chi connectivity index (χ1) is 3.30. The second-order valence-electron chi connectivity index (χ2n) is 2.12. The summed E-state index contributed by atoms with van der Waals surface area (Å²) in [6.45, 7) is 5.03. The molecule has 1 aliphatic heterocycles. The fraction of sp³-hybridized carbons (Fsp3) is 0.667. The van der Waals surface area contributed by atoms with Crippen LogP contribution in [0.25, 0.3) is 0 Å². The number of hydrogen-bond donors (Lipinski definition) is 0. The van der Waals surface area contributed by atoms with Crippen LogP contribution in [0.3, 0.4) is 0 Å². The van der Waals surface area contributed by atoms with Gasteiger partial charge in [-0.2, -0.15) is 6.42 Å². The third kappa shape index (κ3) is 2.12. The second kappa shape index (κ2) is 3.97. The largest absolute Gasteiger partial charge is 0.365 e. The third-order valence-corrected chi connectivity index (χ3v) is 1.48. The van der Waals surface area contributed by atoms with Crippen molar-refractivity contribution in [2.75, 3.05) is 13.6 Å². The molecule has 1 rings (SSSR count). The summed E-state index contributed by atoms with van der Waals surface area (Å²) < 4.78 is 0. The Balaban J connectivity index is 0.000000490. The number of likely N-dealkylation sites (tertiary alicyclic amines) is 1. The van der Waals surface area contributed by atoms with Crippen molar-refractivity contribution in [3.63, 3.8) is 0 Å². The van der Waals surface area contributed by atoms with Crippen molar-refractivity contribution >= 4 is 0 Å². The van der Waals surface area contributed by atoms with Gasteiger partial charge in [0.25, 0.3) is 0 Å². The summed E-state index contributed by atoms with van der Waals surface area (Å²) in [5.41, 5.74) is 0. The molecule has 45 valence electrons. The molecule has 8 heavy (non-hydrogen) atoms. The first-order valence-electron chi connectivity index (χ1n) is 2.65. The molecule has 1 fully saturated rings. The molecule has 0 aromatic rings. The first-order valence-corrected chi connectivity index (χ1v) is 2.65. The Kier molecular flexibility index (Phi) is 4.50.